The normalized spacial score (nSPS) is 22.1. The van der Waals surface area contributed by atoms with Crippen LogP contribution in [0.4, 0.5) is 14.5 Å². The summed E-state index contributed by atoms with van der Waals surface area (Å²) in [6.45, 7) is 1.51. The standard InChI is InChI=1S/C17H17F2NO2/c1-10(21)14-5-3-11-2-4-13(8-15(11)14)20-16(22)12-6-7-17(18,19)9-12/h2,4-5,8,12H,3,6-7,9H2,1H3,(H,20,22). The summed E-state index contributed by atoms with van der Waals surface area (Å²) in [7, 11) is 0. The zero-order valence-corrected chi connectivity index (χ0v) is 12.3. The number of alkyl halides is 2. The van der Waals surface area contributed by atoms with Crippen LogP contribution in [0.5, 0.6) is 0 Å². The quantitative estimate of drug-likeness (QED) is 0.927. The van der Waals surface area contributed by atoms with E-state index in [0.717, 1.165) is 11.1 Å². The monoisotopic (exact) mass is 305 g/mol. The summed E-state index contributed by atoms with van der Waals surface area (Å²) in [6.07, 6.45) is 2.17. The van der Waals surface area contributed by atoms with E-state index >= 15 is 0 Å². The third kappa shape index (κ3) is 2.80. The molecule has 1 fully saturated rings. The van der Waals surface area contributed by atoms with Crippen LogP contribution < -0.4 is 5.32 Å². The van der Waals surface area contributed by atoms with Crippen molar-refractivity contribution in [3.63, 3.8) is 0 Å². The number of allylic oxidation sites excluding steroid dienone is 2. The highest BCUT2D eigenvalue weighted by atomic mass is 19.3. The van der Waals surface area contributed by atoms with Crippen LogP contribution in [0.25, 0.3) is 5.57 Å². The minimum absolute atomic E-state index is 0.0161. The van der Waals surface area contributed by atoms with E-state index in [4.69, 9.17) is 0 Å². The molecule has 1 aromatic carbocycles. The fourth-order valence-electron chi connectivity index (χ4n) is 3.16. The molecule has 1 unspecified atom stereocenters. The van der Waals surface area contributed by atoms with Crippen molar-refractivity contribution >= 4 is 23.0 Å². The third-order valence-corrected chi connectivity index (χ3v) is 4.35. The van der Waals surface area contributed by atoms with Crippen LogP contribution in [-0.2, 0) is 16.0 Å². The van der Waals surface area contributed by atoms with Gasteiger partial charge in [0.05, 0.1) is 0 Å². The van der Waals surface area contributed by atoms with Crippen molar-refractivity contribution < 1.29 is 18.4 Å². The lowest BCUT2D eigenvalue weighted by Gasteiger charge is -2.13. The van der Waals surface area contributed by atoms with Gasteiger partial charge in [-0.05, 0) is 43.0 Å². The summed E-state index contributed by atoms with van der Waals surface area (Å²) in [5.41, 5.74) is 3.06. The van der Waals surface area contributed by atoms with E-state index in [9.17, 15) is 18.4 Å². The molecule has 116 valence electrons. The maximum absolute atomic E-state index is 13.2. The average molecular weight is 305 g/mol. The summed E-state index contributed by atoms with van der Waals surface area (Å²) in [4.78, 5) is 23.7. The van der Waals surface area contributed by atoms with E-state index in [2.05, 4.69) is 5.32 Å². The van der Waals surface area contributed by atoms with Gasteiger partial charge in [-0.15, -0.1) is 0 Å². The van der Waals surface area contributed by atoms with Crippen molar-refractivity contribution in [3.8, 4) is 0 Å². The molecule has 0 bridgehead atoms. The first-order chi connectivity index (χ1) is 10.4. The second-order valence-electron chi connectivity index (χ2n) is 6.03. The Kier molecular flexibility index (Phi) is 3.59. The molecule has 1 amide bonds. The van der Waals surface area contributed by atoms with E-state index in [-0.39, 0.29) is 31.0 Å². The minimum Gasteiger partial charge on any atom is -0.326 e. The van der Waals surface area contributed by atoms with Gasteiger partial charge in [-0.2, -0.15) is 0 Å². The number of carbonyl (C=O) groups is 2. The van der Waals surface area contributed by atoms with Gasteiger partial charge < -0.3 is 5.32 Å². The Labute approximate surface area is 127 Å². The molecule has 3 rings (SSSR count). The molecule has 2 aliphatic rings. The average Bonchev–Trinajstić information content (AvgIpc) is 3.01. The summed E-state index contributed by atoms with van der Waals surface area (Å²) in [6, 6.07) is 5.36. The Morgan fingerprint density at radius 3 is 2.73 bits per heavy atom. The molecule has 0 aromatic heterocycles. The maximum atomic E-state index is 13.2. The van der Waals surface area contributed by atoms with Crippen LogP contribution in [-0.4, -0.2) is 17.6 Å². The SMILES string of the molecule is CC(=O)C1=CCc2ccc(NC(=O)C3CCC(F)(F)C3)cc21. The third-order valence-electron chi connectivity index (χ3n) is 4.35. The smallest absolute Gasteiger partial charge is 0.248 e. The zero-order valence-electron chi connectivity index (χ0n) is 12.3. The first kappa shape index (κ1) is 14.9. The largest absolute Gasteiger partial charge is 0.326 e. The number of fused-ring (bicyclic) bond motifs is 1. The van der Waals surface area contributed by atoms with Crippen LogP contribution in [0, 0.1) is 5.92 Å². The molecular weight excluding hydrogens is 288 g/mol. The Bertz CT molecular complexity index is 679. The molecule has 2 aliphatic carbocycles. The van der Waals surface area contributed by atoms with Crippen LogP contribution in [0.1, 0.15) is 37.3 Å². The van der Waals surface area contributed by atoms with Gasteiger partial charge in [0.15, 0.2) is 5.78 Å². The molecule has 1 atom stereocenters. The molecule has 22 heavy (non-hydrogen) atoms. The highest BCUT2D eigenvalue weighted by molar-refractivity contribution is 6.21. The lowest BCUT2D eigenvalue weighted by molar-refractivity contribution is -0.120. The van der Waals surface area contributed by atoms with Crippen molar-refractivity contribution in [2.75, 3.05) is 5.32 Å². The molecule has 0 heterocycles. The number of carbonyl (C=O) groups excluding carboxylic acids is 2. The number of hydrogen-bond acceptors (Lipinski definition) is 2. The fraction of sp³-hybridized carbons (Fsp3) is 0.412. The summed E-state index contributed by atoms with van der Waals surface area (Å²) >= 11 is 0. The fourth-order valence-corrected chi connectivity index (χ4v) is 3.16. The van der Waals surface area contributed by atoms with Crippen LogP contribution in [0.3, 0.4) is 0 Å². The van der Waals surface area contributed by atoms with Gasteiger partial charge in [-0.1, -0.05) is 12.1 Å². The van der Waals surface area contributed by atoms with Gasteiger partial charge in [0.1, 0.15) is 0 Å². The van der Waals surface area contributed by atoms with E-state index in [0.29, 0.717) is 17.7 Å². The molecule has 1 saturated carbocycles. The van der Waals surface area contributed by atoms with E-state index in [1.54, 1.807) is 12.1 Å². The highest BCUT2D eigenvalue weighted by Crippen LogP contribution is 2.39. The van der Waals surface area contributed by atoms with Gasteiger partial charge in [0, 0.05) is 30.0 Å². The number of benzene rings is 1. The predicted molar refractivity (Wildman–Crippen MR) is 79.7 cm³/mol. The van der Waals surface area contributed by atoms with E-state index in [1.165, 1.54) is 6.92 Å². The molecular formula is C17H17F2NO2. The number of ketones is 1. The van der Waals surface area contributed by atoms with E-state index < -0.39 is 11.8 Å². The Morgan fingerprint density at radius 1 is 1.32 bits per heavy atom. The zero-order chi connectivity index (χ0) is 15.9. The van der Waals surface area contributed by atoms with Crippen LogP contribution in [0.15, 0.2) is 24.3 Å². The van der Waals surface area contributed by atoms with E-state index in [1.807, 2.05) is 12.1 Å². The molecule has 1 N–H and O–H groups in total. The first-order valence-corrected chi connectivity index (χ1v) is 7.39. The van der Waals surface area contributed by atoms with Crippen molar-refractivity contribution in [3.05, 3.63) is 35.4 Å². The Balaban J connectivity index is 1.75. The molecule has 0 saturated heterocycles. The first-order valence-electron chi connectivity index (χ1n) is 7.39. The molecule has 0 aliphatic heterocycles. The Hall–Kier alpha value is -2.04. The number of amides is 1. The number of hydrogen-bond donors (Lipinski definition) is 1. The molecule has 0 spiro atoms. The number of nitrogens with one attached hydrogen (secondary N) is 1. The number of anilines is 1. The van der Waals surface area contributed by atoms with Gasteiger partial charge in [-0.3, -0.25) is 9.59 Å². The topological polar surface area (TPSA) is 46.2 Å². The van der Waals surface area contributed by atoms with Crippen molar-refractivity contribution in [1.82, 2.24) is 0 Å². The van der Waals surface area contributed by atoms with Crippen molar-refractivity contribution in [1.29, 1.82) is 0 Å². The molecule has 0 radical (unpaired) electrons. The van der Waals surface area contributed by atoms with Crippen molar-refractivity contribution in [2.45, 2.75) is 38.5 Å². The van der Waals surface area contributed by atoms with Gasteiger partial charge in [-0.25, -0.2) is 8.78 Å². The lowest BCUT2D eigenvalue weighted by Crippen LogP contribution is -2.22. The number of halogens is 2. The predicted octanol–water partition coefficient (Wildman–Crippen LogP) is 3.59. The second kappa shape index (κ2) is 5.30. The maximum Gasteiger partial charge on any atom is 0.248 e. The molecule has 1 aromatic rings. The second-order valence-corrected chi connectivity index (χ2v) is 6.03. The van der Waals surface area contributed by atoms with Gasteiger partial charge in [0.25, 0.3) is 0 Å². The summed E-state index contributed by atoms with van der Waals surface area (Å²) in [5, 5.41) is 2.70. The van der Waals surface area contributed by atoms with Gasteiger partial charge in [0.2, 0.25) is 11.8 Å². The molecule has 3 nitrogen and oxygen atoms in total. The van der Waals surface area contributed by atoms with Crippen LogP contribution in [0.2, 0.25) is 0 Å². The van der Waals surface area contributed by atoms with Gasteiger partial charge >= 0.3 is 0 Å². The molecule has 5 heteroatoms. The summed E-state index contributed by atoms with van der Waals surface area (Å²) < 4.78 is 26.4. The Morgan fingerprint density at radius 2 is 2.09 bits per heavy atom. The van der Waals surface area contributed by atoms with Crippen LogP contribution >= 0.6 is 0 Å². The lowest BCUT2D eigenvalue weighted by atomic mass is 10.0. The summed E-state index contributed by atoms with van der Waals surface area (Å²) in [5.74, 6) is -3.77. The minimum atomic E-state index is -2.73. The number of rotatable bonds is 3. The number of Topliss-reactive ketones (excluding diaryl/α,β-unsaturated/α-hetero) is 1. The highest BCUT2D eigenvalue weighted by Gasteiger charge is 2.42. The van der Waals surface area contributed by atoms with Crippen molar-refractivity contribution in [2.24, 2.45) is 5.92 Å².